The highest BCUT2D eigenvalue weighted by Crippen LogP contribution is 2.31. The van der Waals surface area contributed by atoms with Gasteiger partial charge in [0.2, 0.25) is 0 Å². The Labute approximate surface area is 133 Å². The van der Waals surface area contributed by atoms with Gasteiger partial charge in [0.05, 0.1) is 22.1 Å². The number of halogens is 5. The first-order valence-corrected chi connectivity index (χ1v) is 7.18. The van der Waals surface area contributed by atoms with E-state index in [1.54, 1.807) is 12.1 Å². The molecule has 0 fully saturated rings. The van der Waals surface area contributed by atoms with Crippen molar-refractivity contribution in [2.75, 3.05) is 0 Å². The van der Waals surface area contributed by atoms with Crippen molar-refractivity contribution in [3.63, 3.8) is 0 Å². The molecule has 0 aliphatic heterocycles. The summed E-state index contributed by atoms with van der Waals surface area (Å²) in [7, 11) is 0. The zero-order chi connectivity index (χ0) is 15.1. The molecule has 2 aromatic carbocycles. The zero-order valence-corrected chi connectivity index (χ0v) is 12.6. The van der Waals surface area contributed by atoms with Gasteiger partial charge in [-0.2, -0.15) is 0 Å². The molecule has 0 spiro atoms. The molecule has 0 atom stereocenters. The van der Waals surface area contributed by atoms with Crippen molar-refractivity contribution in [2.45, 2.75) is 5.88 Å². The van der Waals surface area contributed by atoms with Crippen molar-refractivity contribution < 1.29 is 8.78 Å². The number of rotatable bonds is 2. The second kappa shape index (κ2) is 5.44. The van der Waals surface area contributed by atoms with Gasteiger partial charge in [-0.05, 0) is 18.2 Å². The van der Waals surface area contributed by atoms with Crippen molar-refractivity contribution in [1.29, 1.82) is 0 Å². The van der Waals surface area contributed by atoms with Crippen LogP contribution in [-0.4, -0.2) is 9.55 Å². The summed E-state index contributed by atoms with van der Waals surface area (Å²) < 4.78 is 28.9. The second-order valence-electron chi connectivity index (χ2n) is 4.35. The maximum absolute atomic E-state index is 13.8. The summed E-state index contributed by atoms with van der Waals surface area (Å²) in [6.45, 7) is 0. The lowest BCUT2D eigenvalue weighted by Crippen LogP contribution is -2.00. The molecule has 0 radical (unpaired) electrons. The topological polar surface area (TPSA) is 17.8 Å². The number of benzene rings is 2. The molecule has 1 aromatic heterocycles. The Kier molecular flexibility index (Phi) is 3.78. The van der Waals surface area contributed by atoms with Crippen LogP contribution in [-0.2, 0) is 5.88 Å². The third kappa shape index (κ3) is 2.48. The van der Waals surface area contributed by atoms with Crippen molar-refractivity contribution >= 4 is 45.8 Å². The normalized spacial score (nSPS) is 11.3. The predicted molar refractivity (Wildman–Crippen MR) is 80.6 cm³/mol. The van der Waals surface area contributed by atoms with Crippen LogP contribution in [0.25, 0.3) is 16.7 Å². The van der Waals surface area contributed by atoms with Gasteiger partial charge in [-0.25, -0.2) is 13.8 Å². The molecule has 7 heteroatoms. The number of imidazole rings is 1. The highest BCUT2D eigenvalue weighted by molar-refractivity contribution is 6.35. The first kappa shape index (κ1) is 14.6. The molecule has 0 saturated carbocycles. The summed E-state index contributed by atoms with van der Waals surface area (Å²) in [6, 6.07) is 6.78. The molecule has 0 saturated heterocycles. The van der Waals surface area contributed by atoms with E-state index in [9.17, 15) is 8.78 Å². The van der Waals surface area contributed by atoms with Gasteiger partial charge in [-0.3, -0.25) is 4.57 Å². The summed E-state index contributed by atoms with van der Waals surface area (Å²) in [5.41, 5.74) is 0.801. The van der Waals surface area contributed by atoms with Gasteiger partial charge < -0.3 is 0 Å². The van der Waals surface area contributed by atoms with Crippen LogP contribution in [0.4, 0.5) is 8.78 Å². The SMILES string of the molecule is Fc1cc(F)c2nc(CCl)n(-c3ccc(Cl)cc3Cl)c2c1. The maximum atomic E-state index is 13.8. The molecule has 0 amide bonds. The summed E-state index contributed by atoms with van der Waals surface area (Å²) >= 11 is 17.9. The van der Waals surface area contributed by atoms with Crippen molar-refractivity contribution in [1.82, 2.24) is 9.55 Å². The molecule has 0 aliphatic carbocycles. The van der Waals surface area contributed by atoms with Gasteiger partial charge in [0.25, 0.3) is 0 Å². The Bertz CT molecular complexity index is 846. The average Bonchev–Trinajstić information content (AvgIpc) is 2.77. The molecule has 0 aliphatic rings. The molecular weight excluding hydrogens is 341 g/mol. The highest BCUT2D eigenvalue weighted by atomic mass is 35.5. The average molecular weight is 348 g/mol. The molecule has 21 heavy (non-hydrogen) atoms. The van der Waals surface area contributed by atoms with E-state index in [-0.39, 0.29) is 16.9 Å². The van der Waals surface area contributed by atoms with E-state index in [0.717, 1.165) is 6.07 Å². The summed E-state index contributed by atoms with van der Waals surface area (Å²) in [4.78, 5) is 4.11. The van der Waals surface area contributed by atoms with E-state index in [2.05, 4.69) is 4.98 Å². The van der Waals surface area contributed by atoms with Crippen LogP contribution >= 0.6 is 34.8 Å². The Balaban J connectivity index is 2.40. The van der Waals surface area contributed by atoms with E-state index >= 15 is 0 Å². The van der Waals surface area contributed by atoms with Crippen LogP contribution in [0, 0.1) is 11.6 Å². The Hall–Kier alpha value is -1.36. The van der Waals surface area contributed by atoms with E-state index in [1.807, 2.05) is 0 Å². The smallest absolute Gasteiger partial charge is 0.153 e. The van der Waals surface area contributed by atoms with Gasteiger partial charge in [-0.15, -0.1) is 11.6 Å². The number of hydrogen-bond acceptors (Lipinski definition) is 1. The van der Waals surface area contributed by atoms with Gasteiger partial charge in [0.15, 0.2) is 5.82 Å². The Morgan fingerprint density at radius 1 is 1.10 bits per heavy atom. The van der Waals surface area contributed by atoms with Gasteiger partial charge in [0, 0.05) is 17.2 Å². The molecule has 3 rings (SSSR count). The van der Waals surface area contributed by atoms with Crippen LogP contribution in [0.5, 0.6) is 0 Å². The van der Waals surface area contributed by atoms with E-state index in [1.165, 1.54) is 16.7 Å². The lowest BCUT2D eigenvalue weighted by Gasteiger charge is -2.10. The largest absolute Gasteiger partial charge is 0.294 e. The summed E-state index contributed by atoms with van der Waals surface area (Å²) in [5.74, 6) is -1.07. The van der Waals surface area contributed by atoms with E-state index in [0.29, 0.717) is 21.6 Å². The Morgan fingerprint density at radius 3 is 2.52 bits per heavy atom. The van der Waals surface area contributed by atoms with Crippen LogP contribution in [0.3, 0.4) is 0 Å². The number of nitrogens with zero attached hydrogens (tertiary/aromatic N) is 2. The fourth-order valence-electron chi connectivity index (χ4n) is 2.17. The number of alkyl halides is 1. The van der Waals surface area contributed by atoms with Crippen LogP contribution in [0.15, 0.2) is 30.3 Å². The molecule has 0 N–H and O–H groups in total. The van der Waals surface area contributed by atoms with Gasteiger partial charge in [0.1, 0.15) is 17.2 Å². The maximum Gasteiger partial charge on any atom is 0.153 e. The molecule has 1 heterocycles. The first-order valence-electron chi connectivity index (χ1n) is 5.89. The monoisotopic (exact) mass is 346 g/mol. The zero-order valence-electron chi connectivity index (χ0n) is 10.4. The fraction of sp³-hybridized carbons (Fsp3) is 0.0714. The van der Waals surface area contributed by atoms with Crippen molar-refractivity contribution in [3.8, 4) is 5.69 Å². The predicted octanol–water partition coefficient (Wildman–Crippen LogP) is 5.35. The van der Waals surface area contributed by atoms with Crippen LogP contribution in [0.1, 0.15) is 5.82 Å². The minimum atomic E-state index is -0.750. The van der Waals surface area contributed by atoms with Gasteiger partial charge in [-0.1, -0.05) is 23.2 Å². The standard InChI is InChI=1S/C14H7Cl3F2N2/c15-6-13-20-14-10(19)4-8(18)5-12(14)21(13)11-2-1-7(16)3-9(11)17/h1-5H,6H2. The highest BCUT2D eigenvalue weighted by Gasteiger charge is 2.18. The van der Waals surface area contributed by atoms with E-state index < -0.39 is 11.6 Å². The molecule has 2 nitrogen and oxygen atoms in total. The molecular formula is C14H7Cl3F2N2. The summed E-state index contributed by atoms with van der Waals surface area (Å²) in [5, 5.41) is 0.788. The number of aromatic nitrogens is 2. The number of hydrogen-bond donors (Lipinski definition) is 0. The molecule has 0 unspecified atom stereocenters. The molecule has 0 bridgehead atoms. The van der Waals surface area contributed by atoms with Crippen LogP contribution < -0.4 is 0 Å². The fourth-order valence-corrected chi connectivity index (χ4v) is 2.84. The summed E-state index contributed by atoms with van der Waals surface area (Å²) in [6.07, 6.45) is 0. The Morgan fingerprint density at radius 2 is 1.86 bits per heavy atom. The molecule has 108 valence electrons. The third-order valence-electron chi connectivity index (χ3n) is 3.02. The van der Waals surface area contributed by atoms with Crippen molar-refractivity contribution in [3.05, 3.63) is 57.8 Å². The third-order valence-corrected chi connectivity index (χ3v) is 3.79. The lowest BCUT2D eigenvalue weighted by atomic mass is 10.2. The van der Waals surface area contributed by atoms with Crippen molar-refractivity contribution in [2.24, 2.45) is 0 Å². The van der Waals surface area contributed by atoms with Crippen LogP contribution in [0.2, 0.25) is 10.0 Å². The molecule has 3 aromatic rings. The lowest BCUT2D eigenvalue weighted by molar-refractivity contribution is 0.590. The first-order chi connectivity index (χ1) is 10.0. The van der Waals surface area contributed by atoms with E-state index in [4.69, 9.17) is 34.8 Å². The minimum absolute atomic E-state index is 0.0225. The second-order valence-corrected chi connectivity index (χ2v) is 5.46. The van der Waals surface area contributed by atoms with Gasteiger partial charge >= 0.3 is 0 Å². The quantitative estimate of drug-likeness (QED) is 0.571. The number of fused-ring (bicyclic) bond motifs is 1. The minimum Gasteiger partial charge on any atom is -0.294 e.